The van der Waals surface area contributed by atoms with Gasteiger partial charge in [0.05, 0.1) is 10.4 Å². The first-order valence-electron chi connectivity index (χ1n) is 10.9. The Kier molecular flexibility index (Phi) is 4.23. The minimum atomic E-state index is -3.65. The molecular formula is C27H29NO2S. The summed E-state index contributed by atoms with van der Waals surface area (Å²) in [6, 6.07) is 13.1. The second-order valence-corrected chi connectivity index (χ2v) is 11.8. The van der Waals surface area contributed by atoms with Crippen LogP contribution in [0.3, 0.4) is 0 Å². The maximum Gasteiger partial charge on any atom is 0.268 e. The molecule has 2 aliphatic rings. The number of benzene rings is 2. The van der Waals surface area contributed by atoms with Gasteiger partial charge in [0.1, 0.15) is 0 Å². The fourth-order valence-electron chi connectivity index (χ4n) is 5.58. The average molecular weight is 432 g/mol. The third-order valence-corrected chi connectivity index (χ3v) is 9.21. The van der Waals surface area contributed by atoms with E-state index in [1.807, 2.05) is 31.2 Å². The van der Waals surface area contributed by atoms with Crippen molar-refractivity contribution in [1.29, 1.82) is 0 Å². The van der Waals surface area contributed by atoms with Crippen molar-refractivity contribution in [3.63, 3.8) is 0 Å². The third-order valence-electron chi connectivity index (χ3n) is 7.50. The van der Waals surface area contributed by atoms with Crippen LogP contribution in [0.15, 0.2) is 71.8 Å². The normalized spacial score (nSPS) is 22.5. The minimum absolute atomic E-state index is 0.105. The Morgan fingerprint density at radius 2 is 1.74 bits per heavy atom. The smallest absolute Gasteiger partial charge is 0.241 e. The first-order valence-corrected chi connectivity index (χ1v) is 12.4. The summed E-state index contributed by atoms with van der Waals surface area (Å²) in [5.41, 5.74) is 7.29. The Bertz CT molecular complexity index is 1370. The summed E-state index contributed by atoms with van der Waals surface area (Å²) in [5, 5.41) is 1.04. The summed E-state index contributed by atoms with van der Waals surface area (Å²) in [5.74, 6) is 0. The van der Waals surface area contributed by atoms with Crippen LogP contribution in [0, 0.1) is 12.3 Å². The number of aryl methyl sites for hydroxylation is 1. The van der Waals surface area contributed by atoms with Crippen molar-refractivity contribution in [2.45, 2.75) is 57.3 Å². The molecule has 4 heteroatoms. The fourth-order valence-corrected chi connectivity index (χ4v) is 6.93. The summed E-state index contributed by atoms with van der Waals surface area (Å²) >= 11 is 0. The predicted molar refractivity (Wildman–Crippen MR) is 128 cm³/mol. The number of allylic oxidation sites excluding steroid dienone is 3. The molecule has 0 aliphatic heterocycles. The number of hydrogen-bond acceptors (Lipinski definition) is 2. The average Bonchev–Trinajstić information content (AvgIpc) is 3.26. The molecular weight excluding hydrogens is 402 g/mol. The van der Waals surface area contributed by atoms with Crippen molar-refractivity contribution >= 4 is 26.5 Å². The highest BCUT2D eigenvalue weighted by atomic mass is 32.2. The Hall–Kier alpha value is -2.59. The standard InChI is InChI=1S/C27H29NO2S/c1-6-27(5)15-13-23-22(17-27)20-11-12-24-21(25(20)26(23,3)4)14-16-28(24)31(29,30)19-9-7-18(2)8-10-19/h6-12,14,16H,1,13,15,17H2,2-5H3. The summed E-state index contributed by atoms with van der Waals surface area (Å²) in [4.78, 5) is 0.314. The number of nitrogens with zero attached hydrogens (tertiary/aromatic N) is 1. The van der Waals surface area contributed by atoms with Crippen molar-refractivity contribution in [2.24, 2.45) is 5.41 Å². The highest BCUT2D eigenvalue weighted by Crippen LogP contribution is 2.57. The summed E-state index contributed by atoms with van der Waals surface area (Å²) in [6.07, 6.45) is 6.98. The minimum Gasteiger partial charge on any atom is -0.241 e. The van der Waals surface area contributed by atoms with Crippen LogP contribution in [0.5, 0.6) is 0 Å². The molecule has 160 valence electrons. The maximum atomic E-state index is 13.4. The SMILES string of the molecule is C=CC1(C)CCC2=C(C1)c1ccc3c(ccn3S(=O)(=O)c3ccc(C)cc3)c1C2(C)C. The van der Waals surface area contributed by atoms with Crippen molar-refractivity contribution in [1.82, 2.24) is 3.97 Å². The van der Waals surface area contributed by atoms with E-state index in [1.165, 1.54) is 26.2 Å². The van der Waals surface area contributed by atoms with Crippen LogP contribution in [0.4, 0.5) is 0 Å². The third kappa shape index (κ3) is 2.81. The van der Waals surface area contributed by atoms with Crippen LogP contribution in [0.25, 0.3) is 16.5 Å². The molecule has 0 amide bonds. The van der Waals surface area contributed by atoms with E-state index in [0.29, 0.717) is 4.90 Å². The lowest BCUT2D eigenvalue weighted by Crippen LogP contribution is -2.23. The van der Waals surface area contributed by atoms with E-state index >= 15 is 0 Å². The summed E-state index contributed by atoms with van der Waals surface area (Å²) in [7, 11) is -3.65. The maximum absolute atomic E-state index is 13.4. The highest BCUT2D eigenvalue weighted by molar-refractivity contribution is 7.90. The van der Waals surface area contributed by atoms with Gasteiger partial charge in [0, 0.05) is 17.0 Å². The molecule has 1 atom stereocenters. The molecule has 0 saturated carbocycles. The lowest BCUT2D eigenvalue weighted by Gasteiger charge is -2.35. The van der Waals surface area contributed by atoms with E-state index in [9.17, 15) is 8.42 Å². The van der Waals surface area contributed by atoms with Crippen molar-refractivity contribution < 1.29 is 8.42 Å². The van der Waals surface area contributed by atoms with Gasteiger partial charge in [-0.2, -0.15) is 0 Å². The first-order chi connectivity index (χ1) is 14.6. The first kappa shape index (κ1) is 20.3. The molecule has 0 saturated heterocycles. The largest absolute Gasteiger partial charge is 0.268 e. The van der Waals surface area contributed by atoms with Gasteiger partial charge in [-0.3, -0.25) is 0 Å². The van der Waals surface area contributed by atoms with Crippen LogP contribution in [0.2, 0.25) is 0 Å². The predicted octanol–water partition coefficient (Wildman–Crippen LogP) is 6.61. The molecule has 0 fully saturated rings. The number of hydrogen-bond donors (Lipinski definition) is 0. The fraction of sp³-hybridized carbons (Fsp3) is 0.333. The Balaban J connectivity index is 1.69. The number of fused-ring (bicyclic) bond motifs is 4. The Morgan fingerprint density at radius 1 is 1.03 bits per heavy atom. The van der Waals surface area contributed by atoms with E-state index in [0.717, 1.165) is 35.7 Å². The van der Waals surface area contributed by atoms with E-state index in [4.69, 9.17) is 0 Å². The molecule has 0 N–H and O–H groups in total. The van der Waals surface area contributed by atoms with Gasteiger partial charge in [-0.15, -0.1) is 6.58 Å². The molecule has 31 heavy (non-hydrogen) atoms. The molecule has 1 aromatic heterocycles. The number of aromatic nitrogens is 1. The molecule has 2 aromatic carbocycles. The van der Waals surface area contributed by atoms with Crippen molar-refractivity contribution in [2.75, 3.05) is 0 Å². The van der Waals surface area contributed by atoms with Crippen LogP contribution < -0.4 is 0 Å². The zero-order chi connectivity index (χ0) is 22.2. The van der Waals surface area contributed by atoms with Crippen LogP contribution in [-0.2, 0) is 15.4 Å². The lowest BCUT2D eigenvalue weighted by molar-refractivity contribution is 0.376. The Labute approximate surface area is 185 Å². The molecule has 0 radical (unpaired) electrons. The van der Waals surface area contributed by atoms with Gasteiger partial charge in [0.15, 0.2) is 0 Å². The van der Waals surface area contributed by atoms with Crippen molar-refractivity contribution in [3.8, 4) is 0 Å². The quantitative estimate of drug-likeness (QED) is 0.438. The molecule has 3 aromatic rings. The van der Waals surface area contributed by atoms with Crippen LogP contribution >= 0.6 is 0 Å². The van der Waals surface area contributed by atoms with E-state index < -0.39 is 10.0 Å². The second kappa shape index (κ2) is 6.46. The molecule has 5 rings (SSSR count). The van der Waals surface area contributed by atoms with E-state index in [1.54, 1.807) is 18.3 Å². The summed E-state index contributed by atoms with van der Waals surface area (Å²) < 4.78 is 28.2. The van der Waals surface area contributed by atoms with Crippen LogP contribution in [0.1, 0.15) is 56.7 Å². The topological polar surface area (TPSA) is 39.1 Å². The van der Waals surface area contributed by atoms with Gasteiger partial charge in [-0.05, 0) is 72.6 Å². The number of rotatable bonds is 3. The van der Waals surface area contributed by atoms with Gasteiger partial charge in [0.2, 0.25) is 0 Å². The lowest BCUT2D eigenvalue weighted by atomic mass is 9.69. The summed E-state index contributed by atoms with van der Waals surface area (Å²) in [6.45, 7) is 12.9. The van der Waals surface area contributed by atoms with Crippen LogP contribution in [-0.4, -0.2) is 12.4 Å². The molecule has 1 unspecified atom stereocenters. The molecule has 2 aliphatic carbocycles. The van der Waals surface area contributed by atoms with Gasteiger partial charge in [-0.1, -0.05) is 56.2 Å². The molecule has 0 bridgehead atoms. The zero-order valence-electron chi connectivity index (χ0n) is 18.7. The highest BCUT2D eigenvalue weighted by Gasteiger charge is 2.43. The van der Waals surface area contributed by atoms with Gasteiger partial charge in [0.25, 0.3) is 10.0 Å². The van der Waals surface area contributed by atoms with Gasteiger partial charge >= 0.3 is 0 Å². The van der Waals surface area contributed by atoms with Crippen molar-refractivity contribution in [3.05, 3.63) is 83.6 Å². The van der Waals surface area contributed by atoms with Gasteiger partial charge in [-0.25, -0.2) is 12.4 Å². The monoisotopic (exact) mass is 431 g/mol. The Morgan fingerprint density at radius 3 is 2.42 bits per heavy atom. The molecule has 0 spiro atoms. The molecule has 1 heterocycles. The van der Waals surface area contributed by atoms with E-state index in [-0.39, 0.29) is 10.8 Å². The second-order valence-electron chi connectivity index (χ2n) is 9.97. The molecule has 3 nitrogen and oxygen atoms in total. The van der Waals surface area contributed by atoms with Gasteiger partial charge < -0.3 is 0 Å². The zero-order valence-corrected chi connectivity index (χ0v) is 19.5. The van der Waals surface area contributed by atoms with E-state index in [2.05, 4.69) is 39.5 Å².